The van der Waals surface area contributed by atoms with Gasteiger partial charge in [-0.15, -0.1) is 11.3 Å². The third-order valence-corrected chi connectivity index (χ3v) is 7.22. The normalized spacial score (nSPS) is 25.6. The summed E-state index contributed by atoms with van der Waals surface area (Å²) in [4.78, 5) is 25.9. The van der Waals surface area contributed by atoms with Crippen LogP contribution in [0.25, 0.3) is 10.2 Å². The second-order valence-electron chi connectivity index (χ2n) is 8.53. The summed E-state index contributed by atoms with van der Waals surface area (Å²) in [5.41, 5.74) is 0.0526. The van der Waals surface area contributed by atoms with Crippen molar-refractivity contribution in [1.82, 2.24) is 20.2 Å². The summed E-state index contributed by atoms with van der Waals surface area (Å²) in [6, 6.07) is 1.38. The number of hydrogen-bond acceptors (Lipinski definition) is 7. The van der Waals surface area contributed by atoms with Crippen molar-refractivity contribution in [3.05, 3.63) is 17.3 Å². The van der Waals surface area contributed by atoms with Crippen LogP contribution < -0.4 is 10.2 Å². The Balaban J connectivity index is 1.21. The van der Waals surface area contributed by atoms with Crippen LogP contribution in [0.4, 0.5) is 19.0 Å². The van der Waals surface area contributed by atoms with Crippen molar-refractivity contribution in [2.45, 2.75) is 31.2 Å². The molecule has 2 atom stereocenters. The van der Waals surface area contributed by atoms with Gasteiger partial charge in [-0.2, -0.15) is 13.2 Å². The lowest BCUT2D eigenvalue weighted by molar-refractivity contribution is -0.147. The molecule has 1 spiro atoms. The molecule has 1 N–H and O–H groups in total. The summed E-state index contributed by atoms with van der Waals surface area (Å²) in [6.07, 6.45) is -3.00. The first-order chi connectivity index (χ1) is 14.3. The van der Waals surface area contributed by atoms with Gasteiger partial charge in [0.2, 0.25) is 5.91 Å². The summed E-state index contributed by atoms with van der Waals surface area (Å²) >= 11 is 1.06. The van der Waals surface area contributed by atoms with E-state index in [0.29, 0.717) is 42.1 Å². The van der Waals surface area contributed by atoms with Gasteiger partial charge in [-0.05, 0) is 12.5 Å². The van der Waals surface area contributed by atoms with E-state index < -0.39 is 12.6 Å². The highest BCUT2D eigenvalue weighted by Gasteiger charge is 2.54. The fraction of sp³-hybridized carbons (Fsp3) is 0.632. The molecule has 3 aliphatic heterocycles. The largest absolute Gasteiger partial charge is 0.393 e. The predicted octanol–water partition coefficient (Wildman–Crippen LogP) is 1.82. The fourth-order valence-electron chi connectivity index (χ4n) is 4.75. The van der Waals surface area contributed by atoms with Gasteiger partial charge in [0, 0.05) is 50.1 Å². The number of thiophene rings is 1. The molecular formula is C19H22F3N5O2S. The minimum atomic E-state index is -4.24. The molecule has 162 valence electrons. The van der Waals surface area contributed by atoms with Crippen LogP contribution in [0.1, 0.15) is 11.3 Å². The first-order valence-electron chi connectivity index (χ1n) is 9.85. The molecule has 0 saturated carbocycles. The zero-order chi connectivity index (χ0) is 21.1. The monoisotopic (exact) mass is 441 g/mol. The van der Waals surface area contributed by atoms with E-state index in [0.717, 1.165) is 24.4 Å². The van der Waals surface area contributed by atoms with Crippen molar-refractivity contribution < 1.29 is 22.7 Å². The number of amides is 1. The number of anilines is 1. The zero-order valence-corrected chi connectivity index (χ0v) is 17.2. The first kappa shape index (κ1) is 20.0. The van der Waals surface area contributed by atoms with Gasteiger partial charge >= 0.3 is 6.18 Å². The maximum absolute atomic E-state index is 12.7. The van der Waals surface area contributed by atoms with E-state index in [1.165, 1.54) is 6.33 Å². The standard InChI is InChI=1S/C19H22F3N5O2S/c1-29-11-2-14(23-5-11)17(28)27-8-18(9-27)6-26(7-18)15-13-3-12(4-19(20,21)22)30-16(13)25-10-24-15/h3,10-11,14,23H,2,4-9H2,1H3/t11-,14-/m0/s1. The number of halogens is 3. The lowest BCUT2D eigenvalue weighted by atomic mass is 9.72. The lowest BCUT2D eigenvalue weighted by Crippen LogP contribution is -2.74. The Labute approximate surface area is 175 Å². The van der Waals surface area contributed by atoms with Gasteiger partial charge in [0.25, 0.3) is 0 Å². The van der Waals surface area contributed by atoms with Crippen LogP contribution in [0.3, 0.4) is 0 Å². The predicted molar refractivity (Wildman–Crippen MR) is 106 cm³/mol. The van der Waals surface area contributed by atoms with Gasteiger partial charge in [0.15, 0.2) is 0 Å². The van der Waals surface area contributed by atoms with Crippen molar-refractivity contribution in [3.8, 4) is 0 Å². The molecule has 30 heavy (non-hydrogen) atoms. The molecule has 0 unspecified atom stereocenters. The number of alkyl halides is 3. The number of likely N-dealkylation sites (tertiary alicyclic amines) is 1. The molecule has 3 aliphatic rings. The highest BCUT2D eigenvalue weighted by molar-refractivity contribution is 7.18. The van der Waals surface area contributed by atoms with Gasteiger partial charge in [-0.3, -0.25) is 4.79 Å². The Morgan fingerprint density at radius 2 is 2.10 bits per heavy atom. The number of nitrogens with one attached hydrogen (secondary N) is 1. The molecule has 0 radical (unpaired) electrons. The lowest BCUT2D eigenvalue weighted by Gasteiger charge is -2.60. The topological polar surface area (TPSA) is 70.6 Å². The molecule has 5 rings (SSSR count). The third kappa shape index (κ3) is 3.52. The summed E-state index contributed by atoms with van der Waals surface area (Å²) in [6.45, 7) is 3.59. The summed E-state index contributed by atoms with van der Waals surface area (Å²) in [5, 5.41) is 3.89. The third-order valence-electron chi connectivity index (χ3n) is 6.17. The van der Waals surface area contributed by atoms with Crippen LogP contribution in [-0.4, -0.2) is 78.9 Å². The number of aromatic nitrogens is 2. The van der Waals surface area contributed by atoms with Gasteiger partial charge < -0.3 is 19.9 Å². The molecule has 2 aromatic rings. The number of rotatable bonds is 4. The van der Waals surface area contributed by atoms with Crippen LogP contribution in [0.5, 0.6) is 0 Å². The van der Waals surface area contributed by atoms with Crippen LogP contribution in [0.2, 0.25) is 0 Å². The van der Waals surface area contributed by atoms with Crippen LogP contribution in [0.15, 0.2) is 12.4 Å². The average molecular weight is 441 g/mol. The number of hydrogen-bond donors (Lipinski definition) is 1. The van der Waals surface area contributed by atoms with E-state index in [4.69, 9.17) is 4.74 Å². The average Bonchev–Trinajstić information content (AvgIpc) is 3.23. The van der Waals surface area contributed by atoms with Gasteiger partial charge in [-0.1, -0.05) is 0 Å². The van der Waals surface area contributed by atoms with Crippen LogP contribution in [0, 0.1) is 5.41 Å². The Morgan fingerprint density at radius 1 is 1.33 bits per heavy atom. The smallest absolute Gasteiger partial charge is 0.380 e. The molecule has 1 amide bonds. The SMILES string of the molecule is CO[C@@H]1CN[C@H](C(=O)N2CC3(C2)CN(c2ncnc4sc(CC(F)(F)F)cc24)C3)C1. The van der Waals surface area contributed by atoms with E-state index in [1.54, 1.807) is 13.2 Å². The number of carbonyl (C=O) groups excluding carboxylic acids is 1. The van der Waals surface area contributed by atoms with Crippen LogP contribution >= 0.6 is 11.3 Å². The molecule has 0 aliphatic carbocycles. The van der Waals surface area contributed by atoms with E-state index in [2.05, 4.69) is 20.2 Å². The van der Waals surface area contributed by atoms with Crippen LogP contribution in [-0.2, 0) is 16.0 Å². The number of fused-ring (bicyclic) bond motifs is 1. The minimum absolute atomic E-state index is 0.0526. The fourth-order valence-corrected chi connectivity index (χ4v) is 5.77. The number of methoxy groups -OCH3 is 1. The van der Waals surface area contributed by atoms with Crippen molar-refractivity contribution in [1.29, 1.82) is 0 Å². The second-order valence-corrected chi connectivity index (χ2v) is 9.64. The summed E-state index contributed by atoms with van der Waals surface area (Å²) in [5.74, 6) is 0.804. The molecule has 3 fully saturated rings. The van der Waals surface area contributed by atoms with Crippen molar-refractivity contribution in [2.75, 3.05) is 44.7 Å². The first-order valence-corrected chi connectivity index (χ1v) is 10.7. The number of carbonyl (C=O) groups is 1. The van der Waals surface area contributed by atoms with Gasteiger partial charge in [-0.25, -0.2) is 9.97 Å². The maximum atomic E-state index is 12.7. The number of nitrogens with zero attached hydrogens (tertiary/aromatic N) is 4. The molecule has 5 heterocycles. The number of ether oxygens (including phenoxy) is 1. The van der Waals surface area contributed by atoms with Crippen molar-refractivity contribution in [2.24, 2.45) is 5.41 Å². The molecule has 0 bridgehead atoms. The molecule has 0 aromatic carbocycles. The Kier molecular flexibility index (Phi) is 4.67. The summed E-state index contributed by atoms with van der Waals surface area (Å²) in [7, 11) is 1.66. The second kappa shape index (κ2) is 7.03. The molecule has 2 aromatic heterocycles. The molecule has 7 nitrogen and oxygen atoms in total. The van der Waals surface area contributed by atoms with Gasteiger partial charge in [0.1, 0.15) is 17.0 Å². The van der Waals surface area contributed by atoms with E-state index >= 15 is 0 Å². The maximum Gasteiger partial charge on any atom is 0.393 e. The molecule has 3 saturated heterocycles. The van der Waals surface area contributed by atoms with Crippen molar-refractivity contribution in [3.63, 3.8) is 0 Å². The summed E-state index contributed by atoms with van der Waals surface area (Å²) < 4.78 is 43.5. The van der Waals surface area contributed by atoms with Gasteiger partial charge in [0.05, 0.1) is 24.0 Å². The van der Waals surface area contributed by atoms with Crippen molar-refractivity contribution >= 4 is 33.3 Å². The Hall–Kier alpha value is -1.98. The van der Waals surface area contributed by atoms with E-state index in [-0.39, 0.29) is 28.3 Å². The molecule has 11 heteroatoms. The highest BCUT2D eigenvalue weighted by Crippen LogP contribution is 2.44. The Morgan fingerprint density at radius 3 is 2.77 bits per heavy atom. The Bertz CT molecular complexity index is 967. The highest BCUT2D eigenvalue weighted by atomic mass is 32.1. The van der Waals surface area contributed by atoms with E-state index in [1.807, 2.05) is 4.90 Å². The van der Waals surface area contributed by atoms with E-state index in [9.17, 15) is 18.0 Å². The molecular weight excluding hydrogens is 419 g/mol. The zero-order valence-electron chi connectivity index (χ0n) is 16.4. The quantitative estimate of drug-likeness (QED) is 0.781. The minimum Gasteiger partial charge on any atom is -0.380 e.